The third-order valence-electron chi connectivity index (χ3n) is 6.65. The van der Waals surface area contributed by atoms with Crippen LogP contribution in [-0.4, -0.2) is 61.6 Å². The fourth-order valence-electron chi connectivity index (χ4n) is 4.24. The first kappa shape index (κ1) is 32.8. The van der Waals surface area contributed by atoms with E-state index in [1.807, 2.05) is 19.9 Å². The number of hydrogen-bond donors (Lipinski definition) is 4. The summed E-state index contributed by atoms with van der Waals surface area (Å²) in [6.45, 7) is 7.12. The SMILES string of the molecule is CC[C@H](NC(=O)C(C)CC(O)[C@H](CC(C)C)NC(=O)c1cccc(N(C)S(=O)(=O)Cc2ccccc2)c1)C(=O)O. The number of amides is 2. The molecule has 0 aliphatic carbocycles. The van der Waals surface area contributed by atoms with Crippen LogP contribution in [0.3, 0.4) is 0 Å². The van der Waals surface area contributed by atoms with Crippen molar-refractivity contribution in [3.8, 4) is 0 Å². The Morgan fingerprint density at radius 3 is 2.17 bits per heavy atom. The first-order chi connectivity index (χ1) is 18.7. The molecule has 11 heteroatoms. The van der Waals surface area contributed by atoms with Crippen LogP contribution in [0.25, 0.3) is 0 Å². The number of aliphatic hydroxyl groups is 1. The maximum atomic E-state index is 13.2. The standard InChI is InChI=1S/C29H41N3O7S/c1-6-24(29(36)37)30-27(34)20(4)16-26(33)25(15-19(2)3)31-28(35)22-13-10-14-23(17-22)32(5)40(38,39)18-21-11-8-7-9-12-21/h7-14,17,19-20,24-26,33H,6,15-16,18H2,1-5H3,(H,30,34)(H,31,35)(H,36,37)/t20?,24-,25-,26?/m0/s1. The van der Waals surface area contributed by atoms with Crippen molar-refractivity contribution in [1.82, 2.24) is 10.6 Å². The van der Waals surface area contributed by atoms with Gasteiger partial charge in [0.1, 0.15) is 6.04 Å². The van der Waals surface area contributed by atoms with Gasteiger partial charge in [-0.3, -0.25) is 13.9 Å². The molecular weight excluding hydrogens is 534 g/mol. The summed E-state index contributed by atoms with van der Waals surface area (Å²) in [5.41, 5.74) is 1.18. The number of nitrogens with one attached hydrogen (secondary N) is 2. The van der Waals surface area contributed by atoms with E-state index in [2.05, 4.69) is 10.6 Å². The summed E-state index contributed by atoms with van der Waals surface area (Å²) in [4.78, 5) is 37.0. The molecule has 2 aromatic rings. The van der Waals surface area contributed by atoms with Gasteiger partial charge in [0.05, 0.1) is 23.6 Å². The van der Waals surface area contributed by atoms with Crippen molar-refractivity contribution in [3.63, 3.8) is 0 Å². The van der Waals surface area contributed by atoms with Crippen LogP contribution in [0.2, 0.25) is 0 Å². The summed E-state index contributed by atoms with van der Waals surface area (Å²) in [5.74, 6) is -2.89. The van der Waals surface area contributed by atoms with Crippen molar-refractivity contribution in [3.05, 3.63) is 65.7 Å². The maximum absolute atomic E-state index is 13.2. The van der Waals surface area contributed by atoms with Gasteiger partial charge in [0.2, 0.25) is 15.9 Å². The van der Waals surface area contributed by atoms with Crippen LogP contribution in [0.5, 0.6) is 0 Å². The Hall–Kier alpha value is -3.44. The average Bonchev–Trinajstić information content (AvgIpc) is 2.90. The van der Waals surface area contributed by atoms with Crippen molar-refractivity contribution in [2.45, 2.75) is 70.9 Å². The highest BCUT2D eigenvalue weighted by atomic mass is 32.2. The molecule has 2 unspecified atom stereocenters. The molecule has 0 spiro atoms. The second-order valence-corrected chi connectivity index (χ2v) is 12.5. The number of carbonyl (C=O) groups excluding carboxylic acids is 2. The minimum absolute atomic E-state index is 0.0139. The van der Waals surface area contributed by atoms with Gasteiger partial charge in [-0.05, 0) is 48.9 Å². The molecule has 0 saturated carbocycles. The number of aliphatic hydroxyl groups excluding tert-OH is 1. The lowest BCUT2D eigenvalue weighted by molar-refractivity contribution is -0.142. The highest BCUT2D eigenvalue weighted by Crippen LogP contribution is 2.22. The number of anilines is 1. The predicted octanol–water partition coefficient (Wildman–Crippen LogP) is 3.16. The zero-order valence-corrected chi connectivity index (χ0v) is 24.5. The molecule has 0 aromatic heterocycles. The molecule has 2 aromatic carbocycles. The topological polar surface area (TPSA) is 153 Å². The maximum Gasteiger partial charge on any atom is 0.326 e. The van der Waals surface area contributed by atoms with Crippen LogP contribution in [0.1, 0.15) is 62.9 Å². The van der Waals surface area contributed by atoms with E-state index in [9.17, 15) is 33.0 Å². The normalized spacial score (nSPS) is 14.6. The molecule has 4 N–H and O–H groups in total. The Balaban J connectivity index is 2.14. The lowest BCUT2D eigenvalue weighted by atomic mass is 9.92. The molecule has 0 bridgehead atoms. The number of carboxylic acid groups (broad SMARTS) is 1. The van der Waals surface area contributed by atoms with Gasteiger partial charge < -0.3 is 20.8 Å². The molecule has 4 atom stereocenters. The third kappa shape index (κ3) is 9.63. The van der Waals surface area contributed by atoms with Crippen LogP contribution in [0.15, 0.2) is 54.6 Å². The van der Waals surface area contributed by atoms with Crippen LogP contribution in [0.4, 0.5) is 5.69 Å². The lowest BCUT2D eigenvalue weighted by Crippen LogP contribution is -2.47. The van der Waals surface area contributed by atoms with Gasteiger partial charge in [0.25, 0.3) is 5.91 Å². The van der Waals surface area contributed by atoms with Crippen molar-refractivity contribution >= 4 is 33.5 Å². The Labute approximate surface area is 236 Å². The molecule has 220 valence electrons. The second kappa shape index (κ2) is 14.8. The fraction of sp³-hybridized carbons (Fsp3) is 0.483. The summed E-state index contributed by atoms with van der Waals surface area (Å²) >= 11 is 0. The van der Waals surface area contributed by atoms with Crippen molar-refractivity contribution in [1.29, 1.82) is 0 Å². The number of sulfonamides is 1. The molecule has 10 nitrogen and oxygen atoms in total. The molecule has 2 rings (SSSR count). The van der Waals surface area contributed by atoms with Crippen LogP contribution in [0, 0.1) is 11.8 Å². The molecule has 0 saturated heterocycles. The molecular formula is C29H41N3O7S. The largest absolute Gasteiger partial charge is 0.480 e. The number of benzene rings is 2. The fourth-order valence-corrected chi connectivity index (χ4v) is 5.49. The molecule has 40 heavy (non-hydrogen) atoms. The summed E-state index contributed by atoms with van der Waals surface area (Å²) < 4.78 is 27.1. The Bertz CT molecular complexity index is 1250. The third-order valence-corrected chi connectivity index (χ3v) is 8.40. The van der Waals surface area contributed by atoms with Crippen molar-refractivity contribution in [2.75, 3.05) is 11.4 Å². The number of rotatable bonds is 15. The van der Waals surface area contributed by atoms with E-state index in [0.717, 1.165) is 4.31 Å². The van der Waals surface area contributed by atoms with Gasteiger partial charge in [0, 0.05) is 18.5 Å². The Kier molecular flexibility index (Phi) is 12.1. The first-order valence-corrected chi connectivity index (χ1v) is 15.0. The Morgan fingerprint density at radius 2 is 1.60 bits per heavy atom. The second-order valence-electron chi connectivity index (χ2n) is 10.5. The van der Waals surface area contributed by atoms with E-state index in [4.69, 9.17) is 0 Å². The van der Waals surface area contributed by atoms with Gasteiger partial charge >= 0.3 is 5.97 Å². The minimum atomic E-state index is -3.71. The molecule has 0 aliphatic heterocycles. The molecule has 0 aliphatic rings. The zero-order chi connectivity index (χ0) is 30.0. The van der Waals surface area contributed by atoms with Gasteiger partial charge in [0.15, 0.2) is 0 Å². The molecule has 2 amide bonds. The minimum Gasteiger partial charge on any atom is -0.480 e. The van der Waals surface area contributed by atoms with Gasteiger partial charge in [-0.25, -0.2) is 13.2 Å². The highest BCUT2D eigenvalue weighted by molar-refractivity contribution is 7.92. The van der Waals surface area contributed by atoms with Crippen LogP contribution in [-0.2, 0) is 25.4 Å². The van der Waals surface area contributed by atoms with Crippen molar-refractivity contribution < 1.29 is 33.0 Å². The van der Waals surface area contributed by atoms with Gasteiger partial charge in [-0.15, -0.1) is 0 Å². The summed E-state index contributed by atoms with van der Waals surface area (Å²) in [5, 5.41) is 25.5. The molecule has 0 heterocycles. The number of carboxylic acids is 1. The summed E-state index contributed by atoms with van der Waals surface area (Å²) in [7, 11) is -2.28. The smallest absolute Gasteiger partial charge is 0.326 e. The van der Waals surface area contributed by atoms with E-state index in [1.54, 1.807) is 56.3 Å². The number of nitrogens with zero attached hydrogens (tertiary/aromatic N) is 1. The van der Waals surface area contributed by atoms with E-state index < -0.39 is 51.9 Å². The number of carbonyl (C=O) groups is 3. The number of aliphatic carboxylic acids is 1. The van der Waals surface area contributed by atoms with Gasteiger partial charge in [-0.1, -0.05) is 64.1 Å². The summed E-state index contributed by atoms with van der Waals surface area (Å²) in [6, 6.07) is 13.3. The van der Waals surface area contributed by atoms with E-state index in [-0.39, 0.29) is 30.1 Å². The summed E-state index contributed by atoms with van der Waals surface area (Å²) in [6.07, 6.45) is -0.405. The van der Waals surface area contributed by atoms with Crippen molar-refractivity contribution in [2.24, 2.45) is 11.8 Å². The quantitative estimate of drug-likeness (QED) is 0.254. The molecule has 0 radical (unpaired) electrons. The Morgan fingerprint density at radius 1 is 0.950 bits per heavy atom. The van der Waals surface area contributed by atoms with Gasteiger partial charge in [-0.2, -0.15) is 0 Å². The highest BCUT2D eigenvalue weighted by Gasteiger charge is 2.29. The first-order valence-electron chi connectivity index (χ1n) is 13.4. The van der Waals surface area contributed by atoms with E-state index in [1.165, 1.54) is 13.1 Å². The van der Waals surface area contributed by atoms with Crippen LogP contribution < -0.4 is 14.9 Å². The average molecular weight is 576 g/mol. The monoisotopic (exact) mass is 575 g/mol. The lowest BCUT2D eigenvalue weighted by Gasteiger charge is -2.28. The van der Waals surface area contributed by atoms with E-state index in [0.29, 0.717) is 17.7 Å². The molecule has 0 fully saturated rings. The number of hydrogen-bond acceptors (Lipinski definition) is 6. The predicted molar refractivity (Wildman–Crippen MR) is 154 cm³/mol. The van der Waals surface area contributed by atoms with Crippen LogP contribution >= 0.6 is 0 Å². The zero-order valence-electron chi connectivity index (χ0n) is 23.7. The van der Waals surface area contributed by atoms with E-state index >= 15 is 0 Å².